The standard InChI is InChI=1S/C25H21N5O/c26-15-18-23(17-10-5-2-6-11-17)24-20(12-7-13-21(24)31)30(25(18)27)22-14-19(28-29-22)16-8-3-1-4-9-16/h1-6,8-11,14,23H,7,12-13,27H2,(H,28,29). The highest BCUT2D eigenvalue weighted by Gasteiger charge is 2.40. The molecule has 0 saturated heterocycles. The van der Waals surface area contributed by atoms with Crippen LogP contribution in [0.2, 0.25) is 0 Å². The topological polar surface area (TPSA) is 98.8 Å². The van der Waals surface area contributed by atoms with E-state index in [1.807, 2.05) is 66.7 Å². The van der Waals surface area contributed by atoms with Gasteiger partial charge in [-0.15, -0.1) is 0 Å². The van der Waals surface area contributed by atoms with Gasteiger partial charge in [0, 0.05) is 23.8 Å². The summed E-state index contributed by atoms with van der Waals surface area (Å²) in [6.07, 6.45) is 1.93. The van der Waals surface area contributed by atoms with E-state index in [9.17, 15) is 10.1 Å². The Hall–Kier alpha value is -4.11. The van der Waals surface area contributed by atoms with E-state index < -0.39 is 5.92 Å². The number of carbonyl (C=O) groups excluding carboxylic acids is 1. The first-order chi connectivity index (χ1) is 15.2. The molecule has 2 aromatic carbocycles. The van der Waals surface area contributed by atoms with Gasteiger partial charge in [0.05, 0.1) is 23.3 Å². The van der Waals surface area contributed by atoms with E-state index in [0.717, 1.165) is 28.9 Å². The van der Waals surface area contributed by atoms with E-state index in [0.29, 0.717) is 35.6 Å². The van der Waals surface area contributed by atoms with Gasteiger partial charge in [-0.25, -0.2) is 0 Å². The molecule has 1 aliphatic heterocycles. The highest BCUT2D eigenvalue weighted by molar-refractivity contribution is 6.01. The molecule has 0 radical (unpaired) electrons. The molecule has 2 heterocycles. The summed E-state index contributed by atoms with van der Waals surface area (Å²) in [5.74, 6) is 0.533. The molecule has 0 saturated carbocycles. The number of benzene rings is 2. The number of H-pyrrole nitrogens is 1. The number of anilines is 1. The van der Waals surface area contributed by atoms with Crippen molar-refractivity contribution in [3.05, 3.63) is 95.0 Å². The molecular formula is C25H21N5O. The molecule has 3 N–H and O–H groups in total. The smallest absolute Gasteiger partial charge is 0.161 e. The molecule has 0 spiro atoms. The molecule has 31 heavy (non-hydrogen) atoms. The zero-order chi connectivity index (χ0) is 21.4. The van der Waals surface area contributed by atoms with Crippen molar-refractivity contribution in [3.8, 4) is 17.3 Å². The van der Waals surface area contributed by atoms with Crippen molar-refractivity contribution in [3.63, 3.8) is 0 Å². The fraction of sp³-hybridized carbons (Fsp3) is 0.160. The third-order valence-electron chi connectivity index (χ3n) is 5.92. The monoisotopic (exact) mass is 407 g/mol. The lowest BCUT2D eigenvalue weighted by Crippen LogP contribution is -2.38. The number of aromatic amines is 1. The van der Waals surface area contributed by atoms with E-state index in [1.54, 1.807) is 4.90 Å². The molecule has 1 unspecified atom stereocenters. The van der Waals surface area contributed by atoms with Crippen LogP contribution >= 0.6 is 0 Å². The van der Waals surface area contributed by atoms with Crippen molar-refractivity contribution >= 4 is 11.6 Å². The van der Waals surface area contributed by atoms with E-state index in [4.69, 9.17) is 5.73 Å². The molecular weight excluding hydrogens is 386 g/mol. The SMILES string of the molecule is N#CC1=C(N)N(c2cc(-c3ccccc3)[nH]n2)C2=C(C(=O)CCC2)C1c1ccccc1. The number of allylic oxidation sites excluding steroid dienone is 3. The normalized spacial score (nSPS) is 18.7. The van der Waals surface area contributed by atoms with Gasteiger partial charge < -0.3 is 5.73 Å². The number of rotatable bonds is 3. The maximum absolute atomic E-state index is 13.1. The Bertz CT molecular complexity index is 1250. The number of carbonyl (C=O) groups is 1. The second kappa shape index (κ2) is 7.62. The number of hydrogen-bond acceptors (Lipinski definition) is 5. The van der Waals surface area contributed by atoms with Crippen LogP contribution in [0.4, 0.5) is 5.82 Å². The van der Waals surface area contributed by atoms with Crippen LogP contribution in [0.3, 0.4) is 0 Å². The van der Waals surface area contributed by atoms with Crippen LogP contribution in [-0.4, -0.2) is 16.0 Å². The van der Waals surface area contributed by atoms with Gasteiger partial charge in [-0.05, 0) is 24.0 Å². The second-order valence-corrected chi connectivity index (χ2v) is 7.73. The van der Waals surface area contributed by atoms with Crippen LogP contribution in [0, 0.1) is 11.3 Å². The zero-order valence-corrected chi connectivity index (χ0v) is 16.9. The minimum absolute atomic E-state index is 0.0687. The quantitative estimate of drug-likeness (QED) is 0.671. The Morgan fingerprint density at radius 2 is 1.77 bits per heavy atom. The van der Waals surface area contributed by atoms with Crippen molar-refractivity contribution in [1.29, 1.82) is 5.26 Å². The predicted molar refractivity (Wildman–Crippen MR) is 118 cm³/mol. The fourth-order valence-corrected chi connectivity index (χ4v) is 4.52. The number of nitrogens with one attached hydrogen (secondary N) is 1. The van der Waals surface area contributed by atoms with E-state index in [-0.39, 0.29) is 5.78 Å². The molecule has 6 nitrogen and oxygen atoms in total. The molecule has 0 bridgehead atoms. The van der Waals surface area contributed by atoms with Crippen molar-refractivity contribution in [2.24, 2.45) is 5.73 Å². The van der Waals surface area contributed by atoms with E-state index in [2.05, 4.69) is 16.3 Å². The number of nitriles is 1. The van der Waals surface area contributed by atoms with Gasteiger partial charge in [-0.2, -0.15) is 10.4 Å². The average Bonchev–Trinajstić information content (AvgIpc) is 3.29. The Morgan fingerprint density at radius 3 is 2.48 bits per heavy atom. The van der Waals surface area contributed by atoms with Crippen molar-refractivity contribution in [2.75, 3.05) is 4.90 Å². The lowest BCUT2D eigenvalue weighted by molar-refractivity contribution is -0.116. The Kier molecular flexibility index (Phi) is 4.64. The maximum Gasteiger partial charge on any atom is 0.161 e. The summed E-state index contributed by atoms with van der Waals surface area (Å²) >= 11 is 0. The second-order valence-electron chi connectivity index (χ2n) is 7.73. The molecule has 3 aromatic rings. The van der Waals surface area contributed by atoms with Gasteiger partial charge in [-0.3, -0.25) is 14.8 Å². The number of nitrogens with two attached hydrogens (primary N) is 1. The number of hydrogen-bond donors (Lipinski definition) is 2. The molecule has 6 heteroatoms. The summed E-state index contributed by atoms with van der Waals surface area (Å²) in [5, 5.41) is 17.6. The highest BCUT2D eigenvalue weighted by atomic mass is 16.1. The molecule has 1 aliphatic carbocycles. The van der Waals surface area contributed by atoms with Crippen LogP contribution in [0.1, 0.15) is 30.7 Å². The van der Waals surface area contributed by atoms with E-state index >= 15 is 0 Å². The Labute approximate surface area is 180 Å². The van der Waals surface area contributed by atoms with Crippen molar-refractivity contribution in [2.45, 2.75) is 25.2 Å². The molecule has 1 aromatic heterocycles. The summed E-state index contributed by atoms with van der Waals surface area (Å²) in [5.41, 5.74) is 11.2. The Balaban J connectivity index is 1.68. The number of Topliss-reactive ketones (excluding diaryl/α,β-unsaturated/α-hetero) is 1. The van der Waals surface area contributed by atoms with Crippen molar-refractivity contribution < 1.29 is 4.79 Å². The number of aromatic nitrogens is 2. The van der Waals surface area contributed by atoms with Crippen molar-refractivity contribution in [1.82, 2.24) is 10.2 Å². The van der Waals surface area contributed by atoms with Gasteiger partial charge in [0.1, 0.15) is 5.82 Å². The first kappa shape index (κ1) is 18.9. The van der Waals surface area contributed by atoms with E-state index in [1.165, 1.54) is 0 Å². The summed E-state index contributed by atoms with van der Waals surface area (Å²) in [4.78, 5) is 14.9. The Morgan fingerprint density at radius 1 is 1.06 bits per heavy atom. The largest absolute Gasteiger partial charge is 0.384 e. The summed E-state index contributed by atoms with van der Waals surface area (Å²) in [7, 11) is 0. The van der Waals surface area contributed by atoms with Gasteiger partial charge in [0.25, 0.3) is 0 Å². The zero-order valence-electron chi connectivity index (χ0n) is 16.9. The average molecular weight is 407 g/mol. The minimum atomic E-state index is -0.446. The van der Waals surface area contributed by atoms with Gasteiger partial charge >= 0.3 is 0 Å². The minimum Gasteiger partial charge on any atom is -0.384 e. The number of ketones is 1. The summed E-state index contributed by atoms with van der Waals surface area (Å²) in [6, 6.07) is 23.7. The summed E-state index contributed by atoms with van der Waals surface area (Å²) < 4.78 is 0. The third kappa shape index (κ3) is 3.11. The van der Waals surface area contributed by atoms with Gasteiger partial charge in [-0.1, -0.05) is 60.7 Å². The fourth-order valence-electron chi connectivity index (χ4n) is 4.52. The van der Waals surface area contributed by atoms with Gasteiger partial charge in [0.2, 0.25) is 0 Å². The van der Waals surface area contributed by atoms with Crippen LogP contribution in [0.15, 0.2) is 89.4 Å². The molecule has 0 fully saturated rings. The number of nitrogens with zero attached hydrogens (tertiary/aromatic N) is 3. The van der Waals surface area contributed by atoms with Crippen LogP contribution in [0.5, 0.6) is 0 Å². The van der Waals surface area contributed by atoms with Crippen LogP contribution in [0.25, 0.3) is 11.3 Å². The predicted octanol–water partition coefficient (Wildman–Crippen LogP) is 4.38. The lowest BCUT2D eigenvalue weighted by Gasteiger charge is -2.38. The molecule has 0 amide bonds. The van der Waals surface area contributed by atoms with Crippen LogP contribution < -0.4 is 10.6 Å². The summed E-state index contributed by atoms with van der Waals surface area (Å²) in [6.45, 7) is 0. The van der Waals surface area contributed by atoms with Crippen LogP contribution in [-0.2, 0) is 4.79 Å². The molecule has 2 aliphatic rings. The molecule has 152 valence electrons. The highest BCUT2D eigenvalue weighted by Crippen LogP contribution is 2.46. The lowest BCUT2D eigenvalue weighted by atomic mass is 9.75. The molecule has 1 atom stereocenters. The maximum atomic E-state index is 13.1. The molecule has 5 rings (SSSR count). The van der Waals surface area contributed by atoms with Gasteiger partial charge in [0.15, 0.2) is 11.6 Å². The first-order valence-electron chi connectivity index (χ1n) is 10.3. The first-order valence-corrected chi connectivity index (χ1v) is 10.3. The third-order valence-corrected chi connectivity index (χ3v) is 5.92.